The Morgan fingerprint density at radius 2 is 1.71 bits per heavy atom. The maximum Gasteiger partial charge on any atom is 2.00 e. The molecule has 0 heterocycles. The normalized spacial score (nSPS) is 12.8. The molecule has 0 unspecified atom stereocenters. The fourth-order valence-electron chi connectivity index (χ4n) is 0.855. The molecule has 0 N–H and O–H groups in total. The summed E-state index contributed by atoms with van der Waals surface area (Å²) in [6.45, 7) is 6.48. The maximum absolute atomic E-state index is 3.12. The molecule has 2 aliphatic rings. The van der Waals surface area contributed by atoms with Gasteiger partial charge in [0, 0.05) is 9.52 Å². The molecule has 0 saturated carbocycles. The monoisotopic (exact) mass is 365 g/mol. The molecule has 0 nitrogen and oxygen atoms in total. The molecule has 0 bridgehead atoms. The molecule has 17 heavy (non-hydrogen) atoms. The molecule has 0 saturated heterocycles. The van der Waals surface area contributed by atoms with Crippen LogP contribution in [0.3, 0.4) is 0 Å². The van der Waals surface area contributed by atoms with E-state index in [1.807, 2.05) is 12.2 Å². The average Bonchev–Trinajstić information content (AvgIpc) is 2.78. The van der Waals surface area contributed by atoms with Crippen LogP contribution in [-0.2, 0) is 26.2 Å². The number of hydrogen-bond donors (Lipinski definition) is 0. The van der Waals surface area contributed by atoms with Gasteiger partial charge in [0.15, 0.2) is 0 Å². The maximum atomic E-state index is 3.12. The second kappa shape index (κ2) is 21.9. The molecular formula is C13H21Cl2SiZr. The van der Waals surface area contributed by atoms with Crippen molar-refractivity contribution in [2.45, 2.75) is 32.9 Å². The number of allylic oxidation sites excluding steroid dienone is 8. The standard InChI is InChI=1S/C6H7.C5H5.C2H7Si.2ClH.Zr/c1-6-4-2-3-5-6;1-2-4-5-3-1;1-3-2;;;/h2,4H,3H2,1H3;1-3H,4H2;3H,1-2H3;2*1H;/q2*-1;;;;+2. The molecule has 0 aromatic carbocycles. The van der Waals surface area contributed by atoms with Crippen LogP contribution in [0.15, 0.2) is 36.0 Å². The predicted octanol–water partition coefficient (Wildman–Crippen LogP) is 4.36. The van der Waals surface area contributed by atoms with Crippen LogP contribution in [0.5, 0.6) is 0 Å². The quantitative estimate of drug-likeness (QED) is 0.441. The van der Waals surface area contributed by atoms with Crippen LogP contribution in [0.2, 0.25) is 13.1 Å². The molecule has 0 spiro atoms. The molecule has 1 radical (unpaired) electrons. The average molecular weight is 368 g/mol. The topological polar surface area (TPSA) is 0 Å². The summed E-state index contributed by atoms with van der Waals surface area (Å²) in [6.07, 6.45) is 18.3. The van der Waals surface area contributed by atoms with Gasteiger partial charge in [-0.2, -0.15) is 12.2 Å². The van der Waals surface area contributed by atoms with Crippen molar-refractivity contribution in [2.24, 2.45) is 0 Å². The van der Waals surface area contributed by atoms with Gasteiger partial charge < -0.3 is 0 Å². The minimum absolute atomic E-state index is 0. The van der Waals surface area contributed by atoms with Crippen LogP contribution in [-0.4, -0.2) is 9.52 Å². The van der Waals surface area contributed by atoms with Gasteiger partial charge >= 0.3 is 26.2 Å². The van der Waals surface area contributed by atoms with Gasteiger partial charge in [-0.1, -0.05) is 20.0 Å². The molecule has 0 aromatic heterocycles. The van der Waals surface area contributed by atoms with Crippen molar-refractivity contribution in [3.05, 3.63) is 48.1 Å². The van der Waals surface area contributed by atoms with Crippen LogP contribution in [0, 0.1) is 12.2 Å². The minimum Gasteiger partial charge on any atom is -0.273 e. The molecule has 0 aromatic rings. The molecule has 2 aliphatic carbocycles. The molecule has 2 rings (SSSR count). The summed E-state index contributed by atoms with van der Waals surface area (Å²) in [5.74, 6) is 0. The van der Waals surface area contributed by atoms with Crippen LogP contribution < -0.4 is 0 Å². The van der Waals surface area contributed by atoms with E-state index < -0.39 is 0 Å². The summed E-state index contributed by atoms with van der Waals surface area (Å²) >= 11 is 0. The Morgan fingerprint density at radius 3 is 1.82 bits per heavy atom. The van der Waals surface area contributed by atoms with Crippen molar-refractivity contribution in [3.8, 4) is 0 Å². The Kier molecular flexibility index (Phi) is 33.8. The van der Waals surface area contributed by atoms with E-state index in [0.29, 0.717) is 0 Å². The zero-order valence-electron chi connectivity index (χ0n) is 10.7. The van der Waals surface area contributed by atoms with Crippen LogP contribution in [0.25, 0.3) is 0 Å². The van der Waals surface area contributed by atoms with E-state index in [9.17, 15) is 0 Å². The van der Waals surface area contributed by atoms with Crippen LogP contribution >= 0.6 is 24.8 Å². The van der Waals surface area contributed by atoms with Gasteiger partial charge in [-0.05, 0) is 0 Å². The second-order valence-corrected chi connectivity index (χ2v) is 4.20. The number of rotatable bonds is 0. The van der Waals surface area contributed by atoms with Gasteiger partial charge in [-0.25, -0.2) is 23.8 Å². The fourth-order valence-corrected chi connectivity index (χ4v) is 0.855. The van der Waals surface area contributed by atoms with Gasteiger partial charge in [0.25, 0.3) is 0 Å². The third-order valence-electron chi connectivity index (χ3n) is 1.45. The SMILES string of the molecule is CC1=[C-]CC=C1.C[SiH]C.Cl.Cl.[C-]1=CC=CC1.[Zr+2]. The second-order valence-electron chi connectivity index (χ2n) is 3.05. The Morgan fingerprint density at radius 1 is 1.12 bits per heavy atom. The van der Waals surface area contributed by atoms with E-state index in [-0.39, 0.29) is 51.0 Å². The molecule has 95 valence electrons. The Hall–Kier alpha value is 0.640. The van der Waals surface area contributed by atoms with Crippen molar-refractivity contribution in [1.29, 1.82) is 0 Å². The Balaban J connectivity index is -0.0000000718. The predicted molar refractivity (Wildman–Crippen MR) is 81.1 cm³/mol. The van der Waals surface area contributed by atoms with Gasteiger partial charge in [0.1, 0.15) is 0 Å². The first-order valence-corrected chi connectivity index (χ1v) is 7.32. The first-order chi connectivity index (χ1) is 6.81. The van der Waals surface area contributed by atoms with Crippen LogP contribution in [0.1, 0.15) is 19.8 Å². The molecular weight excluding hydrogens is 346 g/mol. The third-order valence-corrected chi connectivity index (χ3v) is 1.45. The van der Waals surface area contributed by atoms with E-state index in [4.69, 9.17) is 0 Å². The molecule has 0 fully saturated rings. The minimum atomic E-state index is 0. The third kappa shape index (κ3) is 22.3. The van der Waals surface area contributed by atoms with E-state index in [1.165, 1.54) is 5.57 Å². The summed E-state index contributed by atoms with van der Waals surface area (Å²) < 4.78 is 0. The zero-order chi connectivity index (χ0) is 10.6. The van der Waals surface area contributed by atoms with Gasteiger partial charge in [0.05, 0.1) is 0 Å². The number of halogens is 2. The Bertz CT molecular complexity index is 233. The van der Waals surface area contributed by atoms with Crippen LogP contribution in [0.4, 0.5) is 0 Å². The van der Waals surface area contributed by atoms with Gasteiger partial charge in [0.2, 0.25) is 0 Å². The summed E-state index contributed by atoms with van der Waals surface area (Å²) in [5, 5.41) is 0. The zero-order valence-corrected chi connectivity index (χ0v) is 15.9. The van der Waals surface area contributed by atoms with E-state index in [0.717, 1.165) is 22.4 Å². The molecule has 0 atom stereocenters. The van der Waals surface area contributed by atoms with E-state index in [1.54, 1.807) is 0 Å². The van der Waals surface area contributed by atoms with Crippen molar-refractivity contribution < 1.29 is 26.2 Å². The fraction of sp³-hybridized carbons (Fsp3) is 0.385. The largest absolute Gasteiger partial charge is 2.00 e. The molecule has 0 aliphatic heterocycles. The van der Waals surface area contributed by atoms with Crippen molar-refractivity contribution >= 4 is 34.3 Å². The van der Waals surface area contributed by atoms with E-state index in [2.05, 4.69) is 50.4 Å². The van der Waals surface area contributed by atoms with Crippen molar-refractivity contribution in [2.75, 3.05) is 0 Å². The number of hydrogen-bond acceptors (Lipinski definition) is 0. The first kappa shape index (κ1) is 26.3. The summed E-state index contributed by atoms with van der Waals surface area (Å²) in [7, 11) is 0.750. The summed E-state index contributed by atoms with van der Waals surface area (Å²) in [4.78, 5) is 0. The van der Waals surface area contributed by atoms with E-state index >= 15 is 0 Å². The molecule has 0 amide bonds. The van der Waals surface area contributed by atoms with Gasteiger partial charge in [-0.3, -0.25) is 12.2 Å². The van der Waals surface area contributed by atoms with Gasteiger partial charge in [-0.15, -0.1) is 37.7 Å². The summed E-state index contributed by atoms with van der Waals surface area (Å²) in [5.41, 5.74) is 1.27. The summed E-state index contributed by atoms with van der Waals surface area (Å²) in [6, 6.07) is 0. The molecule has 4 heteroatoms. The smallest absolute Gasteiger partial charge is 0.273 e. The first-order valence-electron chi connectivity index (χ1n) is 5.01. The van der Waals surface area contributed by atoms with Crippen molar-refractivity contribution in [3.63, 3.8) is 0 Å². The van der Waals surface area contributed by atoms with Crippen molar-refractivity contribution in [1.82, 2.24) is 0 Å². The Labute approximate surface area is 140 Å².